The number of nitrogens with zero attached hydrogens (tertiary/aromatic N) is 1. The third-order valence-electron chi connectivity index (χ3n) is 5.66. The molecule has 0 radical (unpaired) electrons. The van der Waals surface area contributed by atoms with E-state index in [2.05, 4.69) is 12.1 Å². The molecule has 1 amide bonds. The number of carbonyl (C=O) groups excluding carboxylic acids is 1. The molecule has 0 aliphatic carbocycles. The van der Waals surface area contributed by atoms with Gasteiger partial charge in [-0.15, -0.1) is 0 Å². The average molecular weight is 418 g/mol. The zero-order valence-corrected chi connectivity index (χ0v) is 18.1. The molecule has 1 atom stereocenters. The van der Waals surface area contributed by atoms with Crippen LogP contribution in [-0.4, -0.2) is 38.2 Å². The van der Waals surface area contributed by atoms with Crippen molar-refractivity contribution in [2.75, 3.05) is 27.4 Å². The van der Waals surface area contributed by atoms with Crippen LogP contribution in [0.5, 0.6) is 17.2 Å². The number of fused-ring (bicyclic) bond motifs is 1. The van der Waals surface area contributed by atoms with E-state index in [4.69, 9.17) is 14.2 Å². The molecule has 0 saturated heterocycles. The molecule has 0 unspecified atom stereocenters. The summed E-state index contributed by atoms with van der Waals surface area (Å²) < 4.78 is 16.6. The van der Waals surface area contributed by atoms with Gasteiger partial charge in [0.05, 0.1) is 26.9 Å². The lowest BCUT2D eigenvalue weighted by Gasteiger charge is -2.38. The van der Waals surface area contributed by atoms with Gasteiger partial charge in [-0.3, -0.25) is 4.79 Å². The summed E-state index contributed by atoms with van der Waals surface area (Å²) in [4.78, 5) is 15.5. The lowest BCUT2D eigenvalue weighted by Crippen LogP contribution is -2.40. The van der Waals surface area contributed by atoms with Gasteiger partial charge in [0.2, 0.25) is 0 Å². The van der Waals surface area contributed by atoms with Crippen molar-refractivity contribution in [1.29, 1.82) is 0 Å². The average Bonchev–Trinajstić information content (AvgIpc) is 2.83. The number of benzene rings is 3. The van der Waals surface area contributed by atoms with Crippen LogP contribution in [0.1, 0.15) is 40.0 Å². The van der Waals surface area contributed by atoms with Gasteiger partial charge in [-0.05, 0) is 66.4 Å². The Balaban J connectivity index is 1.77. The van der Waals surface area contributed by atoms with Gasteiger partial charge < -0.3 is 19.1 Å². The SMILES string of the molecule is CCOc1ccc(C(=O)N2CCc3cc(OC)c(OC)cc3[C@H]2c2ccccc2)cc1. The Morgan fingerprint density at radius 3 is 2.29 bits per heavy atom. The molecule has 31 heavy (non-hydrogen) atoms. The first-order valence-corrected chi connectivity index (χ1v) is 10.5. The highest BCUT2D eigenvalue weighted by Gasteiger charge is 2.33. The van der Waals surface area contributed by atoms with E-state index in [1.165, 1.54) is 5.56 Å². The Morgan fingerprint density at radius 2 is 1.65 bits per heavy atom. The molecule has 0 spiro atoms. The maximum Gasteiger partial charge on any atom is 0.254 e. The summed E-state index contributed by atoms with van der Waals surface area (Å²) in [6.45, 7) is 3.16. The van der Waals surface area contributed by atoms with Crippen LogP contribution in [-0.2, 0) is 6.42 Å². The molecule has 3 aromatic rings. The van der Waals surface area contributed by atoms with E-state index < -0.39 is 0 Å². The summed E-state index contributed by atoms with van der Waals surface area (Å²) in [6, 6.07) is 21.3. The third-order valence-corrected chi connectivity index (χ3v) is 5.66. The summed E-state index contributed by atoms with van der Waals surface area (Å²) in [7, 11) is 3.27. The second-order valence-electron chi connectivity index (χ2n) is 7.43. The molecule has 1 aliphatic rings. The van der Waals surface area contributed by atoms with Crippen molar-refractivity contribution in [2.24, 2.45) is 0 Å². The van der Waals surface area contributed by atoms with Gasteiger partial charge in [0, 0.05) is 12.1 Å². The van der Waals surface area contributed by atoms with Gasteiger partial charge in [-0.25, -0.2) is 0 Å². The minimum Gasteiger partial charge on any atom is -0.494 e. The van der Waals surface area contributed by atoms with Crippen molar-refractivity contribution in [1.82, 2.24) is 4.90 Å². The third kappa shape index (κ3) is 4.08. The molecule has 5 nitrogen and oxygen atoms in total. The maximum absolute atomic E-state index is 13.6. The first-order valence-electron chi connectivity index (χ1n) is 10.5. The first-order chi connectivity index (χ1) is 15.2. The normalized spacial score (nSPS) is 15.2. The summed E-state index contributed by atoms with van der Waals surface area (Å²) in [6.07, 6.45) is 0.752. The van der Waals surface area contributed by atoms with Crippen LogP contribution in [0.4, 0.5) is 0 Å². The molecule has 1 aliphatic heterocycles. The Bertz CT molecular complexity index is 1050. The van der Waals surface area contributed by atoms with Crippen LogP contribution >= 0.6 is 0 Å². The molecule has 0 saturated carbocycles. The molecule has 1 heterocycles. The van der Waals surface area contributed by atoms with Crippen molar-refractivity contribution < 1.29 is 19.0 Å². The summed E-state index contributed by atoms with van der Waals surface area (Å²) >= 11 is 0. The fraction of sp³-hybridized carbons (Fsp3) is 0.269. The highest BCUT2D eigenvalue weighted by Crippen LogP contribution is 2.41. The van der Waals surface area contributed by atoms with Crippen molar-refractivity contribution >= 4 is 5.91 Å². The van der Waals surface area contributed by atoms with Gasteiger partial charge in [0.25, 0.3) is 5.91 Å². The first kappa shape index (κ1) is 20.8. The van der Waals surface area contributed by atoms with Crippen molar-refractivity contribution in [2.45, 2.75) is 19.4 Å². The van der Waals surface area contributed by atoms with E-state index in [0.29, 0.717) is 30.2 Å². The predicted octanol–water partition coefficient (Wildman–Crippen LogP) is 4.89. The molecule has 0 bridgehead atoms. The summed E-state index contributed by atoms with van der Waals surface area (Å²) in [5, 5.41) is 0. The van der Waals surface area contributed by atoms with Crippen LogP contribution in [0.2, 0.25) is 0 Å². The number of rotatable bonds is 6. The molecule has 3 aromatic carbocycles. The van der Waals surface area contributed by atoms with Crippen LogP contribution in [0.3, 0.4) is 0 Å². The minimum atomic E-state index is -0.205. The van der Waals surface area contributed by atoms with Gasteiger partial charge in [0.1, 0.15) is 5.75 Å². The van der Waals surface area contributed by atoms with Gasteiger partial charge in [0.15, 0.2) is 11.5 Å². The summed E-state index contributed by atoms with van der Waals surface area (Å²) in [5.74, 6) is 2.13. The molecule has 5 heteroatoms. The van der Waals surface area contributed by atoms with E-state index in [9.17, 15) is 4.79 Å². The second kappa shape index (κ2) is 9.13. The number of carbonyl (C=O) groups is 1. The predicted molar refractivity (Wildman–Crippen MR) is 120 cm³/mol. The molecule has 160 valence electrons. The van der Waals surface area contributed by atoms with Crippen molar-refractivity contribution in [3.63, 3.8) is 0 Å². The lowest BCUT2D eigenvalue weighted by molar-refractivity contribution is 0.0694. The fourth-order valence-corrected chi connectivity index (χ4v) is 4.19. The Morgan fingerprint density at radius 1 is 0.968 bits per heavy atom. The van der Waals surface area contributed by atoms with E-state index >= 15 is 0 Å². The molecule has 0 N–H and O–H groups in total. The van der Waals surface area contributed by atoms with E-state index in [-0.39, 0.29) is 11.9 Å². The number of hydrogen-bond donors (Lipinski definition) is 0. The largest absolute Gasteiger partial charge is 0.494 e. The smallest absolute Gasteiger partial charge is 0.254 e. The maximum atomic E-state index is 13.6. The quantitative estimate of drug-likeness (QED) is 0.573. The Hall–Kier alpha value is -3.47. The number of methoxy groups -OCH3 is 2. The molecule has 0 fully saturated rings. The van der Waals surface area contributed by atoms with E-state index in [1.807, 2.05) is 66.4 Å². The second-order valence-corrected chi connectivity index (χ2v) is 7.43. The van der Waals surface area contributed by atoms with Gasteiger partial charge in [-0.1, -0.05) is 30.3 Å². The highest BCUT2D eigenvalue weighted by atomic mass is 16.5. The lowest BCUT2D eigenvalue weighted by atomic mass is 9.87. The Labute approximate surface area is 183 Å². The van der Waals surface area contributed by atoms with E-state index in [0.717, 1.165) is 23.3 Å². The molecule has 0 aromatic heterocycles. The molecular formula is C26H27NO4. The summed E-state index contributed by atoms with van der Waals surface area (Å²) in [5.41, 5.74) is 3.94. The Kier molecular flexibility index (Phi) is 6.12. The zero-order valence-electron chi connectivity index (χ0n) is 18.1. The van der Waals surface area contributed by atoms with Crippen molar-refractivity contribution in [3.05, 3.63) is 89.0 Å². The van der Waals surface area contributed by atoms with E-state index in [1.54, 1.807) is 14.2 Å². The number of hydrogen-bond acceptors (Lipinski definition) is 4. The van der Waals surface area contributed by atoms with Crippen molar-refractivity contribution in [3.8, 4) is 17.2 Å². The standard InChI is InChI=1S/C26H27NO4/c1-4-31-21-12-10-19(11-13-21)26(28)27-15-14-20-16-23(29-2)24(30-3)17-22(20)25(27)18-8-6-5-7-9-18/h5-13,16-17,25H,4,14-15H2,1-3H3/t25-/m1/s1. The van der Waals surface area contributed by atoms with Crippen LogP contribution < -0.4 is 14.2 Å². The van der Waals surface area contributed by atoms with Crippen LogP contribution in [0, 0.1) is 0 Å². The van der Waals surface area contributed by atoms with Crippen LogP contribution in [0.15, 0.2) is 66.7 Å². The minimum absolute atomic E-state index is 0.00247. The number of amides is 1. The monoisotopic (exact) mass is 417 g/mol. The fourth-order valence-electron chi connectivity index (χ4n) is 4.19. The number of ether oxygens (including phenoxy) is 3. The zero-order chi connectivity index (χ0) is 21.8. The topological polar surface area (TPSA) is 48.0 Å². The molecular weight excluding hydrogens is 390 g/mol. The highest BCUT2D eigenvalue weighted by molar-refractivity contribution is 5.95. The van der Waals surface area contributed by atoms with Gasteiger partial charge in [-0.2, -0.15) is 0 Å². The molecule has 4 rings (SSSR count). The van der Waals surface area contributed by atoms with Crippen LogP contribution in [0.25, 0.3) is 0 Å². The van der Waals surface area contributed by atoms with Gasteiger partial charge >= 0.3 is 0 Å².